The molecular formula is C17H20N8O3. The van der Waals surface area contributed by atoms with Gasteiger partial charge < -0.3 is 15.8 Å². The molecule has 0 aliphatic rings. The van der Waals surface area contributed by atoms with Crippen LogP contribution in [0.3, 0.4) is 0 Å². The van der Waals surface area contributed by atoms with Gasteiger partial charge in [0.1, 0.15) is 18.1 Å². The summed E-state index contributed by atoms with van der Waals surface area (Å²) in [4.78, 5) is 24.1. The first-order chi connectivity index (χ1) is 13.4. The molecule has 3 N–H and O–H groups in total. The van der Waals surface area contributed by atoms with Crippen LogP contribution < -0.4 is 15.8 Å². The Hall–Kier alpha value is -3.76. The van der Waals surface area contributed by atoms with Crippen molar-refractivity contribution in [1.29, 1.82) is 0 Å². The predicted molar refractivity (Wildman–Crippen MR) is 98.7 cm³/mol. The number of benzene rings is 1. The summed E-state index contributed by atoms with van der Waals surface area (Å²) in [7, 11) is 1.59. The SMILES string of the molecule is CCn1nnnc1COc1ccc(C(=O)Nc2c(C)nn(C)c2C(N)=O)cc1. The Labute approximate surface area is 160 Å². The van der Waals surface area contributed by atoms with Gasteiger partial charge in [-0.2, -0.15) is 5.10 Å². The maximum absolute atomic E-state index is 12.5. The number of amides is 2. The Bertz CT molecular complexity index is 1010. The number of nitrogens with two attached hydrogens (primary N) is 1. The lowest BCUT2D eigenvalue weighted by Gasteiger charge is -2.08. The van der Waals surface area contributed by atoms with E-state index in [1.807, 2.05) is 6.92 Å². The van der Waals surface area contributed by atoms with Crippen molar-refractivity contribution in [1.82, 2.24) is 30.0 Å². The molecule has 2 aromatic heterocycles. The third-order valence-electron chi connectivity index (χ3n) is 4.08. The first kappa shape index (κ1) is 19.0. The fourth-order valence-corrected chi connectivity index (χ4v) is 2.70. The van der Waals surface area contributed by atoms with Crippen LogP contribution in [0.5, 0.6) is 5.75 Å². The third-order valence-corrected chi connectivity index (χ3v) is 4.08. The Kier molecular flexibility index (Phi) is 5.34. The third kappa shape index (κ3) is 3.82. The summed E-state index contributed by atoms with van der Waals surface area (Å²) in [5, 5.41) is 18.1. The van der Waals surface area contributed by atoms with E-state index in [-0.39, 0.29) is 18.2 Å². The smallest absolute Gasteiger partial charge is 0.269 e. The monoisotopic (exact) mass is 384 g/mol. The second-order valence-corrected chi connectivity index (χ2v) is 5.97. The molecule has 3 rings (SSSR count). The molecule has 3 aromatic rings. The number of carbonyl (C=O) groups is 2. The van der Waals surface area contributed by atoms with Crippen LogP contribution in [-0.4, -0.2) is 41.8 Å². The molecule has 0 radical (unpaired) electrons. The van der Waals surface area contributed by atoms with Gasteiger partial charge in [-0.25, -0.2) is 4.68 Å². The Morgan fingerprint density at radius 2 is 1.96 bits per heavy atom. The summed E-state index contributed by atoms with van der Waals surface area (Å²) < 4.78 is 8.62. The lowest BCUT2D eigenvalue weighted by atomic mass is 10.2. The van der Waals surface area contributed by atoms with Crippen LogP contribution in [0, 0.1) is 6.92 Å². The Balaban J connectivity index is 1.68. The zero-order chi connectivity index (χ0) is 20.3. The number of nitrogens with one attached hydrogen (secondary N) is 1. The van der Waals surface area contributed by atoms with E-state index in [9.17, 15) is 9.59 Å². The van der Waals surface area contributed by atoms with Crippen molar-refractivity contribution in [3.05, 3.63) is 47.0 Å². The molecule has 1 aromatic carbocycles. The molecule has 0 unspecified atom stereocenters. The number of nitrogens with zero attached hydrogens (tertiary/aromatic N) is 6. The van der Waals surface area contributed by atoms with Crippen LogP contribution in [0.15, 0.2) is 24.3 Å². The molecular weight excluding hydrogens is 364 g/mol. The minimum atomic E-state index is -0.670. The highest BCUT2D eigenvalue weighted by Crippen LogP contribution is 2.21. The van der Waals surface area contributed by atoms with E-state index < -0.39 is 5.91 Å². The van der Waals surface area contributed by atoms with Gasteiger partial charge in [0.25, 0.3) is 11.8 Å². The summed E-state index contributed by atoms with van der Waals surface area (Å²) in [5.74, 6) is 0.115. The van der Waals surface area contributed by atoms with Gasteiger partial charge >= 0.3 is 0 Å². The maximum atomic E-state index is 12.5. The van der Waals surface area contributed by atoms with Crippen LogP contribution in [0.4, 0.5) is 5.69 Å². The summed E-state index contributed by atoms with van der Waals surface area (Å²) in [6.45, 7) is 4.47. The number of ether oxygens (including phenoxy) is 1. The first-order valence-electron chi connectivity index (χ1n) is 8.53. The highest BCUT2D eigenvalue weighted by Gasteiger charge is 2.20. The van der Waals surface area contributed by atoms with Crippen molar-refractivity contribution < 1.29 is 14.3 Å². The highest BCUT2D eigenvalue weighted by atomic mass is 16.5. The zero-order valence-electron chi connectivity index (χ0n) is 15.7. The average Bonchev–Trinajstić information content (AvgIpc) is 3.23. The molecule has 2 amide bonds. The van der Waals surface area contributed by atoms with Crippen molar-refractivity contribution in [2.75, 3.05) is 5.32 Å². The van der Waals surface area contributed by atoms with Gasteiger partial charge in [0.2, 0.25) is 0 Å². The summed E-state index contributed by atoms with van der Waals surface area (Å²) in [5.41, 5.74) is 6.70. The molecule has 146 valence electrons. The summed E-state index contributed by atoms with van der Waals surface area (Å²) in [6.07, 6.45) is 0. The van der Waals surface area contributed by atoms with Crippen molar-refractivity contribution >= 4 is 17.5 Å². The quantitative estimate of drug-likeness (QED) is 0.609. The molecule has 11 nitrogen and oxygen atoms in total. The predicted octanol–water partition coefficient (Wildman–Crippen LogP) is 0.665. The number of rotatable bonds is 7. The minimum absolute atomic E-state index is 0.138. The van der Waals surface area contributed by atoms with Crippen LogP contribution in [0.2, 0.25) is 0 Å². The number of anilines is 1. The van der Waals surface area contributed by atoms with E-state index in [0.717, 1.165) is 0 Å². The van der Waals surface area contributed by atoms with Crippen molar-refractivity contribution in [2.24, 2.45) is 12.8 Å². The largest absolute Gasteiger partial charge is 0.486 e. The zero-order valence-corrected chi connectivity index (χ0v) is 15.7. The molecule has 28 heavy (non-hydrogen) atoms. The molecule has 0 spiro atoms. The second-order valence-electron chi connectivity index (χ2n) is 5.97. The molecule has 2 heterocycles. The van der Waals surface area contributed by atoms with E-state index in [4.69, 9.17) is 10.5 Å². The van der Waals surface area contributed by atoms with Crippen LogP contribution in [0.25, 0.3) is 0 Å². The number of aryl methyl sites for hydroxylation is 3. The molecule has 0 aliphatic heterocycles. The van der Waals surface area contributed by atoms with E-state index >= 15 is 0 Å². The van der Waals surface area contributed by atoms with E-state index in [1.165, 1.54) is 4.68 Å². The second kappa shape index (κ2) is 7.86. The molecule has 0 saturated heterocycles. The van der Waals surface area contributed by atoms with Crippen molar-refractivity contribution in [3.63, 3.8) is 0 Å². The normalized spacial score (nSPS) is 10.7. The highest BCUT2D eigenvalue weighted by molar-refractivity contribution is 6.08. The van der Waals surface area contributed by atoms with Gasteiger partial charge in [0, 0.05) is 19.2 Å². The maximum Gasteiger partial charge on any atom is 0.269 e. The Morgan fingerprint density at radius 1 is 1.25 bits per heavy atom. The molecule has 0 fully saturated rings. The number of hydrogen-bond acceptors (Lipinski definition) is 7. The molecule has 0 saturated carbocycles. The number of primary amides is 1. The van der Waals surface area contributed by atoms with Gasteiger partial charge in [-0.15, -0.1) is 5.10 Å². The van der Waals surface area contributed by atoms with Gasteiger partial charge in [-0.05, 0) is 48.5 Å². The number of carbonyl (C=O) groups excluding carboxylic acids is 2. The van der Waals surface area contributed by atoms with Crippen LogP contribution in [0.1, 0.15) is 39.3 Å². The lowest BCUT2D eigenvalue weighted by Crippen LogP contribution is -2.20. The minimum Gasteiger partial charge on any atom is -0.486 e. The topological polar surface area (TPSA) is 143 Å². The van der Waals surface area contributed by atoms with Gasteiger partial charge in [-0.1, -0.05) is 0 Å². The Morgan fingerprint density at radius 3 is 2.61 bits per heavy atom. The standard InChI is InChI=1S/C17H20N8O3/c1-4-25-13(20-22-23-25)9-28-12-7-5-11(6-8-12)17(27)19-14-10(2)21-24(3)15(14)16(18)26/h5-8H,4,9H2,1-3H3,(H2,18,26)(H,19,27). The molecule has 0 atom stereocenters. The summed E-state index contributed by atoms with van der Waals surface area (Å²) >= 11 is 0. The van der Waals surface area contributed by atoms with Gasteiger partial charge in [0.15, 0.2) is 5.82 Å². The summed E-state index contributed by atoms with van der Waals surface area (Å²) in [6, 6.07) is 6.56. The molecule has 11 heteroatoms. The number of tetrazole rings is 1. The lowest BCUT2D eigenvalue weighted by molar-refractivity contribution is 0.0992. The number of hydrogen-bond donors (Lipinski definition) is 2. The van der Waals surface area contributed by atoms with E-state index in [1.54, 1.807) is 42.9 Å². The average molecular weight is 384 g/mol. The van der Waals surface area contributed by atoms with E-state index in [0.29, 0.717) is 35.1 Å². The van der Waals surface area contributed by atoms with Crippen LogP contribution >= 0.6 is 0 Å². The molecule has 0 aliphatic carbocycles. The fraction of sp³-hybridized carbons (Fsp3) is 0.294. The fourth-order valence-electron chi connectivity index (χ4n) is 2.70. The first-order valence-corrected chi connectivity index (χ1v) is 8.53. The van der Waals surface area contributed by atoms with E-state index in [2.05, 4.69) is 25.9 Å². The van der Waals surface area contributed by atoms with Crippen molar-refractivity contribution in [3.8, 4) is 5.75 Å². The van der Waals surface area contributed by atoms with Gasteiger partial charge in [-0.3, -0.25) is 14.3 Å². The number of aromatic nitrogens is 6. The molecule has 0 bridgehead atoms. The van der Waals surface area contributed by atoms with Crippen LogP contribution in [-0.2, 0) is 20.2 Å². The van der Waals surface area contributed by atoms with Crippen molar-refractivity contribution in [2.45, 2.75) is 27.0 Å². The van der Waals surface area contributed by atoms with Gasteiger partial charge in [0.05, 0.1) is 11.4 Å².